The lowest BCUT2D eigenvalue weighted by Gasteiger charge is -2.19. The fraction of sp³-hybridized carbons (Fsp3) is 0.600. The molecular weight excluding hydrogens is 298 g/mol. The third-order valence-corrected chi connectivity index (χ3v) is 5.24. The van der Waals surface area contributed by atoms with Gasteiger partial charge in [0.25, 0.3) is 0 Å². The Morgan fingerprint density at radius 3 is 2.92 bits per heavy atom. The van der Waals surface area contributed by atoms with Gasteiger partial charge in [-0.2, -0.15) is 0 Å². The van der Waals surface area contributed by atoms with Crippen molar-refractivity contribution in [2.45, 2.75) is 57.4 Å². The standard InChI is InChI=1S/C20H31N3O/c1-15(19-7-6-11-22-19)18-14-23-20-9-8-16(13-17(18)20)24-12-5-3-2-4-10-21/h8-9,13-15,19,22-23H,2-7,10-12,21H2,1H3. The Labute approximate surface area is 145 Å². The number of ether oxygens (including phenoxy) is 1. The van der Waals surface area contributed by atoms with Crippen LogP contribution in [0.1, 0.15) is 56.9 Å². The summed E-state index contributed by atoms with van der Waals surface area (Å²) in [7, 11) is 0. The molecule has 2 unspecified atom stereocenters. The van der Waals surface area contributed by atoms with E-state index < -0.39 is 0 Å². The number of fused-ring (bicyclic) bond motifs is 1. The van der Waals surface area contributed by atoms with Crippen molar-refractivity contribution in [3.8, 4) is 5.75 Å². The van der Waals surface area contributed by atoms with Gasteiger partial charge < -0.3 is 20.8 Å². The number of nitrogens with one attached hydrogen (secondary N) is 2. The van der Waals surface area contributed by atoms with Gasteiger partial charge in [0.1, 0.15) is 5.75 Å². The van der Waals surface area contributed by atoms with E-state index in [-0.39, 0.29) is 0 Å². The molecule has 132 valence electrons. The predicted molar refractivity (Wildman–Crippen MR) is 101 cm³/mol. The summed E-state index contributed by atoms with van der Waals surface area (Å²) in [5, 5.41) is 4.93. The van der Waals surface area contributed by atoms with Crippen LogP contribution in [0.15, 0.2) is 24.4 Å². The molecule has 1 aliphatic rings. The van der Waals surface area contributed by atoms with Gasteiger partial charge in [0.15, 0.2) is 0 Å². The minimum absolute atomic E-state index is 0.521. The number of unbranched alkanes of at least 4 members (excludes halogenated alkanes) is 3. The number of hydrogen-bond acceptors (Lipinski definition) is 3. The molecule has 24 heavy (non-hydrogen) atoms. The molecular formula is C20H31N3O. The number of aromatic amines is 1. The SMILES string of the molecule is CC(c1c[nH]c2ccc(OCCCCCCN)cc12)C1CCCN1. The van der Waals surface area contributed by atoms with Crippen LogP contribution in [0.25, 0.3) is 10.9 Å². The fourth-order valence-corrected chi connectivity index (χ4v) is 3.73. The van der Waals surface area contributed by atoms with Crippen LogP contribution >= 0.6 is 0 Å². The monoisotopic (exact) mass is 329 g/mol. The van der Waals surface area contributed by atoms with Gasteiger partial charge in [0.2, 0.25) is 0 Å². The lowest BCUT2D eigenvalue weighted by Crippen LogP contribution is -2.27. The number of hydrogen-bond donors (Lipinski definition) is 3. The highest BCUT2D eigenvalue weighted by Gasteiger charge is 2.24. The number of nitrogens with two attached hydrogens (primary N) is 1. The maximum absolute atomic E-state index is 5.96. The number of aromatic nitrogens is 1. The van der Waals surface area contributed by atoms with Crippen molar-refractivity contribution in [3.63, 3.8) is 0 Å². The van der Waals surface area contributed by atoms with Crippen molar-refractivity contribution < 1.29 is 4.74 Å². The summed E-state index contributed by atoms with van der Waals surface area (Å²) in [6.45, 7) is 5.06. The zero-order valence-electron chi connectivity index (χ0n) is 14.8. The molecule has 2 heterocycles. The minimum atomic E-state index is 0.521. The molecule has 3 rings (SSSR count). The molecule has 0 bridgehead atoms. The summed E-state index contributed by atoms with van der Waals surface area (Å²) in [5.74, 6) is 1.50. The second-order valence-corrected chi connectivity index (χ2v) is 6.99. The summed E-state index contributed by atoms with van der Waals surface area (Å²) in [6.07, 6.45) is 9.34. The van der Waals surface area contributed by atoms with Gasteiger partial charge >= 0.3 is 0 Å². The highest BCUT2D eigenvalue weighted by atomic mass is 16.5. The summed E-state index contributed by atoms with van der Waals surface area (Å²) in [4.78, 5) is 3.42. The predicted octanol–water partition coefficient (Wildman–Crippen LogP) is 3.92. The van der Waals surface area contributed by atoms with Crippen molar-refractivity contribution >= 4 is 10.9 Å². The van der Waals surface area contributed by atoms with E-state index in [0.29, 0.717) is 12.0 Å². The van der Waals surface area contributed by atoms with Crippen LogP contribution in [-0.2, 0) is 0 Å². The van der Waals surface area contributed by atoms with E-state index in [4.69, 9.17) is 10.5 Å². The van der Waals surface area contributed by atoms with Crippen LogP contribution in [0.3, 0.4) is 0 Å². The number of rotatable bonds is 9. The summed E-state index contributed by atoms with van der Waals surface area (Å²) < 4.78 is 5.96. The van der Waals surface area contributed by atoms with Gasteiger partial charge in [-0.05, 0) is 68.5 Å². The molecule has 0 amide bonds. The van der Waals surface area contributed by atoms with Gasteiger partial charge in [0, 0.05) is 23.1 Å². The van der Waals surface area contributed by atoms with Crippen molar-refractivity contribution in [3.05, 3.63) is 30.0 Å². The van der Waals surface area contributed by atoms with Crippen LogP contribution < -0.4 is 15.8 Å². The van der Waals surface area contributed by atoms with Gasteiger partial charge in [-0.25, -0.2) is 0 Å². The molecule has 0 saturated carbocycles. The molecule has 4 heteroatoms. The molecule has 0 aliphatic carbocycles. The molecule has 1 aromatic heterocycles. The van der Waals surface area contributed by atoms with Crippen LogP contribution in [0, 0.1) is 0 Å². The maximum Gasteiger partial charge on any atom is 0.120 e. The van der Waals surface area contributed by atoms with E-state index in [1.54, 1.807) is 0 Å². The smallest absolute Gasteiger partial charge is 0.120 e. The van der Waals surface area contributed by atoms with E-state index >= 15 is 0 Å². The lowest BCUT2D eigenvalue weighted by atomic mass is 9.92. The molecule has 1 fully saturated rings. The van der Waals surface area contributed by atoms with E-state index in [0.717, 1.165) is 38.3 Å². The second kappa shape index (κ2) is 8.54. The van der Waals surface area contributed by atoms with Gasteiger partial charge in [-0.15, -0.1) is 0 Å². The van der Waals surface area contributed by atoms with Gasteiger partial charge in [0.05, 0.1) is 6.61 Å². The molecule has 2 atom stereocenters. The number of benzene rings is 1. The highest BCUT2D eigenvalue weighted by molar-refractivity contribution is 5.85. The maximum atomic E-state index is 5.96. The quantitative estimate of drug-likeness (QED) is 0.611. The van der Waals surface area contributed by atoms with E-state index in [1.165, 1.54) is 42.1 Å². The van der Waals surface area contributed by atoms with Crippen molar-refractivity contribution in [2.24, 2.45) is 5.73 Å². The molecule has 4 nitrogen and oxygen atoms in total. The second-order valence-electron chi connectivity index (χ2n) is 6.99. The fourth-order valence-electron chi connectivity index (χ4n) is 3.73. The Kier molecular flexibility index (Phi) is 6.16. The Hall–Kier alpha value is -1.52. The first kappa shape index (κ1) is 17.3. The summed E-state index contributed by atoms with van der Waals surface area (Å²) >= 11 is 0. The van der Waals surface area contributed by atoms with Crippen molar-refractivity contribution in [2.75, 3.05) is 19.7 Å². The Morgan fingerprint density at radius 2 is 2.12 bits per heavy atom. The van der Waals surface area contributed by atoms with Crippen molar-refractivity contribution in [1.82, 2.24) is 10.3 Å². The molecule has 2 aromatic rings. The molecule has 1 aliphatic heterocycles. The summed E-state index contributed by atoms with van der Waals surface area (Å²) in [5.41, 5.74) is 8.12. The zero-order valence-corrected chi connectivity index (χ0v) is 14.8. The Bertz CT molecular complexity index is 631. The number of H-pyrrole nitrogens is 1. The Morgan fingerprint density at radius 1 is 1.25 bits per heavy atom. The van der Waals surface area contributed by atoms with E-state index in [2.05, 4.69) is 41.6 Å². The van der Waals surface area contributed by atoms with Crippen LogP contribution in [-0.4, -0.2) is 30.7 Å². The first-order valence-corrected chi connectivity index (χ1v) is 9.47. The van der Waals surface area contributed by atoms with Crippen LogP contribution in [0.2, 0.25) is 0 Å². The van der Waals surface area contributed by atoms with Crippen molar-refractivity contribution in [1.29, 1.82) is 0 Å². The lowest BCUT2D eigenvalue weighted by molar-refractivity contribution is 0.305. The van der Waals surface area contributed by atoms with E-state index in [9.17, 15) is 0 Å². The highest BCUT2D eigenvalue weighted by Crippen LogP contribution is 2.32. The molecule has 4 N–H and O–H groups in total. The topological polar surface area (TPSA) is 63.1 Å². The molecule has 1 saturated heterocycles. The first-order chi connectivity index (χ1) is 11.8. The van der Waals surface area contributed by atoms with Crippen LogP contribution in [0.4, 0.5) is 0 Å². The Balaban J connectivity index is 1.62. The largest absolute Gasteiger partial charge is 0.494 e. The van der Waals surface area contributed by atoms with Gasteiger partial charge in [-0.3, -0.25) is 0 Å². The normalized spacial score (nSPS) is 19.0. The minimum Gasteiger partial charge on any atom is -0.494 e. The molecule has 0 radical (unpaired) electrons. The average molecular weight is 329 g/mol. The average Bonchev–Trinajstić information content (AvgIpc) is 3.26. The van der Waals surface area contributed by atoms with Crippen LogP contribution in [0.5, 0.6) is 5.75 Å². The van der Waals surface area contributed by atoms with Gasteiger partial charge in [-0.1, -0.05) is 19.8 Å². The third-order valence-electron chi connectivity index (χ3n) is 5.24. The summed E-state index contributed by atoms with van der Waals surface area (Å²) in [6, 6.07) is 7.00. The molecule has 0 spiro atoms. The zero-order chi connectivity index (χ0) is 16.8. The molecule has 1 aromatic carbocycles. The van der Waals surface area contributed by atoms with E-state index in [1.807, 2.05) is 0 Å². The first-order valence-electron chi connectivity index (χ1n) is 9.47. The third kappa shape index (κ3) is 4.11.